The van der Waals surface area contributed by atoms with Crippen LogP contribution < -0.4 is 0 Å². The van der Waals surface area contributed by atoms with Gasteiger partial charge in [0.2, 0.25) is 0 Å². The Balaban J connectivity index is 2.52. The highest BCUT2D eigenvalue weighted by molar-refractivity contribution is 5.81. The van der Waals surface area contributed by atoms with Crippen molar-refractivity contribution >= 4 is 5.97 Å². The van der Waals surface area contributed by atoms with E-state index in [9.17, 15) is 9.90 Å². The number of aromatic nitrogens is 2. The van der Waals surface area contributed by atoms with Crippen molar-refractivity contribution < 1.29 is 14.6 Å². The Morgan fingerprint density at radius 2 is 2.00 bits per heavy atom. The molecule has 18 heavy (non-hydrogen) atoms. The van der Waals surface area contributed by atoms with Crippen LogP contribution in [-0.4, -0.2) is 34.3 Å². The third-order valence-corrected chi connectivity index (χ3v) is 3.16. The van der Waals surface area contributed by atoms with Gasteiger partial charge in [0.05, 0.1) is 13.2 Å². The normalized spacial score (nSPS) is 18.2. The van der Waals surface area contributed by atoms with Crippen molar-refractivity contribution in [3.05, 3.63) is 23.3 Å². The zero-order valence-electron chi connectivity index (χ0n) is 11.1. The molecule has 0 radical (unpaired) electrons. The lowest BCUT2D eigenvalue weighted by Crippen LogP contribution is -2.54. The van der Waals surface area contributed by atoms with Crippen molar-refractivity contribution in [2.45, 2.75) is 38.5 Å². The molecule has 0 unspecified atom stereocenters. The van der Waals surface area contributed by atoms with Crippen LogP contribution in [0.1, 0.15) is 38.0 Å². The Kier molecular flexibility index (Phi) is 2.89. The summed E-state index contributed by atoms with van der Waals surface area (Å²) >= 11 is 0. The van der Waals surface area contributed by atoms with Crippen LogP contribution in [0.5, 0.6) is 0 Å². The van der Waals surface area contributed by atoms with Crippen molar-refractivity contribution in [1.82, 2.24) is 9.97 Å². The minimum absolute atomic E-state index is 0.132. The van der Waals surface area contributed by atoms with Gasteiger partial charge in [0.1, 0.15) is 0 Å². The van der Waals surface area contributed by atoms with E-state index in [1.165, 1.54) is 0 Å². The Labute approximate surface area is 106 Å². The molecule has 2 rings (SSSR count). The van der Waals surface area contributed by atoms with Crippen LogP contribution in [0.25, 0.3) is 0 Å². The first kappa shape index (κ1) is 13.0. The van der Waals surface area contributed by atoms with Crippen molar-refractivity contribution in [3.8, 4) is 0 Å². The lowest BCUT2D eigenvalue weighted by molar-refractivity contribution is -0.164. The van der Waals surface area contributed by atoms with Crippen LogP contribution in [-0.2, 0) is 20.4 Å². The van der Waals surface area contributed by atoms with Gasteiger partial charge in [-0.1, -0.05) is 20.8 Å². The van der Waals surface area contributed by atoms with E-state index in [1.807, 2.05) is 33.8 Å². The second kappa shape index (κ2) is 4.02. The third kappa shape index (κ3) is 1.99. The van der Waals surface area contributed by atoms with Crippen molar-refractivity contribution in [2.24, 2.45) is 0 Å². The minimum Gasteiger partial charge on any atom is -0.480 e. The Morgan fingerprint density at radius 1 is 1.39 bits per heavy atom. The van der Waals surface area contributed by atoms with Gasteiger partial charge in [0.15, 0.2) is 11.2 Å². The van der Waals surface area contributed by atoms with Crippen LogP contribution in [0.3, 0.4) is 0 Å². The Morgan fingerprint density at radius 3 is 2.39 bits per heavy atom. The highest BCUT2D eigenvalue weighted by Crippen LogP contribution is 2.32. The SMILES string of the molecule is Cc1cc(C(C)(C)C)nc(C2(C(=O)O)COC2)n1. The lowest BCUT2D eigenvalue weighted by Gasteiger charge is -2.36. The molecule has 1 saturated heterocycles. The molecule has 5 heteroatoms. The van der Waals surface area contributed by atoms with Crippen LogP contribution in [0, 0.1) is 6.92 Å². The first-order valence-corrected chi connectivity index (χ1v) is 5.93. The summed E-state index contributed by atoms with van der Waals surface area (Å²) in [6, 6.07) is 1.90. The minimum atomic E-state index is -1.06. The van der Waals surface area contributed by atoms with Crippen LogP contribution in [0.2, 0.25) is 0 Å². The molecule has 1 fully saturated rings. The van der Waals surface area contributed by atoms with E-state index in [0.717, 1.165) is 11.4 Å². The van der Waals surface area contributed by atoms with E-state index in [0.29, 0.717) is 5.82 Å². The maximum absolute atomic E-state index is 11.4. The number of carboxylic acids is 1. The summed E-state index contributed by atoms with van der Waals surface area (Å²) in [6.07, 6.45) is 0. The van der Waals surface area contributed by atoms with Gasteiger partial charge in [-0.15, -0.1) is 0 Å². The lowest BCUT2D eigenvalue weighted by atomic mass is 9.84. The molecule has 1 aliphatic heterocycles. The molecular formula is C13H18N2O3. The molecule has 0 amide bonds. The zero-order valence-corrected chi connectivity index (χ0v) is 11.1. The standard InChI is InChI=1S/C13H18N2O3/c1-8-5-9(12(2,3)4)15-10(14-8)13(11(16)17)6-18-7-13/h5H,6-7H2,1-4H3,(H,16,17). The van der Waals surface area contributed by atoms with E-state index in [2.05, 4.69) is 9.97 Å². The van der Waals surface area contributed by atoms with Crippen LogP contribution >= 0.6 is 0 Å². The molecular weight excluding hydrogens is 232 g/mol. The fourth-order valence-corrected chi connectivity index (χ4v) is 1.82. The smallest absolute Gasteiger partial charge is 0.322 e. The number of carboxylic acid groups (broad SMARTS) is 1. The number of ether oxygens (including phenoxy) is 1. The van der Waals surface area contributed by atoms with Crippen molar-refractivity contribution in [2.75, 3.05) is 13.2 Å². The molecule has 1 aliphatic rings. The topological polar surface area (TPSA) is 72.3 Å². The summed E-state index contributed by atoms with van der Waals surface area (Å²) in [6.45, 7) is 8.29. The molecule has 0 aromatic carbocycles. The van der Waals surface area contributed by atoms with Crippen LogP contribution in [0.15, 0.2) is 6.07 Å². The van der Waals surface area contributed by atoms with E-state index >= 15 is 0 Å². The number of carbonyl (C=O) groups is 1. The first-order chi connectivity index (χ1) is 8.25. The zero-order chi connectivity index (χ0) is 13.6. The number of rotatable bonds is 2. The average Bonchev–Trinajstić information content (AvgIpc) is 2.12. The maximum Gasteiger partial charge on any atom is 0.322 e. The van der Waals surface area contributed by atoms with E-state index in [4.69, 9.17) is 4.74 Å². The summed E-state index contributed by atoms with van der Waals surface area (Å²) in [7, 11) is 0. The molecule has 1 N–H and O–H groups in total. The highest BCUT2D eigenvalue weighted by atomic mass is 16.5. The number of aryl methyl sites for hydroxylation is 1. The maximum atomic E-state index is 11.4. The summed E-state index contributed by atoms with van der Waals surface area (Å²) in [5, 5.41) is 9.36. The van der Waals surface area contributed by atoms with Gasteiger partial charge in [0.25, 0.3) is 0 Å². The molecule has 5 nitrogen and oxygen atoms in total. The molecule has 0 spiro atoms. The van der Waals surface area contributed by atoms with Crippen molar-refractivity contribution in [3.63, 3.8) is 0 Å². The van der Waals surface area contributed by atoms with Gasteiger partial charge >= 0.3 is 5.97 Å². The van der Waals surface area contributed by atoms with Gasteiger partial charge in [-0.3, -0.25) is 4.79 Å². The van der Waals surface area contributed by atoms with Crippen LogP contribution in [0.4, 0.5) is 0 Å². The molecule has 1 aromatic heterocycles. The molecule has 0 atom stereocenters. The second-order valence-electron chi connectivity index (χ2n) is 5.85. The number of aliphatic carboxylic acids is 1. The van der Waals surface area contributed by atoms with E-state index in [-0.39, 0.29) is 18.6 Å². The molecule has 2 heterocycles. The number of hydrogen-bond acceptors (Lipinski definition) is 4. The van der Waals surface area contributed by atoms with Gasteiger partial charge in [-0.05, 0) is 13.0 Å². The highest BCUT2D eigenvalue weighted by Gasteiger charge is 2.51. The Bertz CT molecular complexity index is 487. The molecule has 1 aromatic rings. The fourth-order valence-electron chi connectivity index (χ4n) is 1.82. The van der Waals surface area contributed by atoms with E-state index in [1.54, 1.807) is 0 Å². The molecule has 0 saturated carbocycles. The number of nitrogens with zero attached hydrogens (tertiary/aromatic N) is 2. The quantitative estimate of drug-likeness (QED) is 0.859. The predicted octanol–water partition coefficient (Wildman–Crippen LogP) is 1.44. The fraction of sp³-hybridized carbons (Fsp3) is 0.615. The first-order valence-electron chi connectivity index (χ1n) is 5.93. The van der Waals surface area contributed by atoms with Gasteiger partial charge in [0, 0.05) is 16.8 Å². The van der Waals surface area contributed by atoms with Gasteiger partial charge in [-0.25, -0.2) is 9.97 Å². The third-order valence-electron chi connectivity index (χ3n) is 3.16. The van der Waals surface area contributed by atoms with E-state index < -0.39 is 11.4 Å². The Hall–Kier alpha value is -1.49. The van der Waals surface area contributed by atoms with Gasteiger partial charge in [-0.2, -0.15) is 0 Å². The molecule has 0 aliphatic carbocycles. The summed E-state index contributed by atoms with van der Waals surface area (Å²) in [4.78, 5) is 20.2. The van der Waals surface area contributed by atoms with Crippen molar-refractivity contribution in [1.29, 1.82) is 0 Å². The molecule has 98 valence electrons. The number of hydrogen-bond donors (Lipinski definition) is 1. The molecule has 0 bridgehead atoms. The summed E-state index contributed by atoms with van der Waals surface area (Å²) < 4.78 is 5.06. The predicted molar refractivity (Wildman–Crippen MR) is 65.6 cm³/mol. The largest absolute Gasteiger partial charge is 0.480 e. The second-order valence-corrected chi connectivity index (χ2v) is 5.85. The summed E-state index contributed by atoms with van der Waals surface area (Å²) in [5.74, 6) is -0.551. The average molecular weight is 250 g/mol. The summed E-state index contributed by atoms with van der Waals surface area (Å²) in [5.41, 5.74) is 0.452. The van der Waals surface area contributed by atoms with Gasteiger partial charge < -0.3 is 9.84 Å². The monoisotopic (exact) mass is 250 g/mol.